The van der Waals surface area contributed by atoms with Crippen LogP contribution >= 0.6 is 63.1 Å². The van der Waals surface area contributed by atoms with E-state index in [9.17, 15) is 9.36 Å². The van der Waals surface area contributed by atoms with Gasteiger partial charge in [-0.05, 0) is 60.7 Å². The molecule has 5 nitrogen and oxygen atoms in total. The molecule has 0 saturated heterocycles. The lowest BCUT2D eigenvalue weighted by atomic mass is 10.4. The predicted molar refractivity (Wildman–Crippen MR) is 97.9 cm³/mol. The van der Waals surface area contributed by atoms with Crippen LogP contribution in [0.5, 0.6) is 0 Å². The smallest absolute Gasteiger partial charge is 0.324 e. The third-order valence-electron chi connectivity index (χ3n) is 2.47. The van der Waals surface area contributed by atoms with Gasteiger partial charge in [-0.1, -0.05) is 23.2 Å². The lowest BCUT2D eigenvalue weighted by Crippen LogP contribution is -2.17. The van der Waals surface area contributed by atoms with Crippen LogP contribution in [0.3, 0.4) is 0 Å². The van der Waals surface area contributed by atoms with Gasteiger partial charge in [-0.25, -0.2) is 4.98 Å². The van der Waals surface area contributed by atoms with E-state index in [2.05, 4.69) is 42.2 Å². The Balaban J connectivity index is 1.93. The largest absolute Gasteiger partial charge is 0.549 e. The number of aromatic nitrogens is 1. The zero-order chi connectivity index (χ0) is 17.0. The van der Waals surface area contributed by atoms with Crippen molar-refractivity contribution in [2.45, 2.75) is 0 Å². The van der Waals surface area contributed by atoms with Gasteiger partial charge in [-0.3, -0.25) is 4.79 Å². The van der Waals surface area contributed by atoms with Crippen LogP contribution in [0.15, 0.2) is 39.3 Å². The molecule has 1 aromatic carbocycles. The number of carbonyl (C=O) groups excluding carboxylic acids is 1. The van der Waals surface area contributed by atoms with Crippen molar-refractivity contribution in [1.82, 2.24) is 4.98 Å². The summed E-state index contributed by atoms with van der Waals surface area (Å²) in [5.74, 6) is -0.483. The molecule has 0 fully saturated rings. The van der Waals surface area contributed by atoms with Gasteiger partial charge in [-0.2, -0.15) is 0 Å². The normalized spacial score (nSPS) is 11.2. The Bertz CT molecular complexity index is 757. The molecule has 10 heteroatoms. The number of pyridine rings is 1. The Labute approximate surface area is 159 Å². The first-order valence-electron chi connectivity index (χ1n) is 6.03. The molecule has 1 aromatic heterocycles. The van der Waals surface area contributed by atoms with Crippen molar-refractivity contribution in [2.24, 2.45) is 0 Å². The predicted octanol–water partition coefficient (Wildman–Crippen LogP) is 4.94. The summed E-state index contributed by atoms with van der Waals surface area (Å²) in [4.78, 5) is 15.6. The number of nitrogens with one attached hydrogen (secondary N) is 1. The van der Waals surface area contributed by atoms with E-state index in [0.717, 1.165) is 8.95 Å². The highest BCUT2D eigenvalue weighted by atomic mass is 79.9. The number of carbonyl (C=O) groups is 1. The number of hydrogen-bond acceptors (Lipinski definition) is 4. The summed E-state index contributed by atoms with van der Waals surface area (Å²) in [7, 11) is -2.15. The Morgan fingerprint density at radius 2 is 1.83 bits per heavy atom. The maximum atomic E-state index is 12.0. The quantitative estimate of drug-likeness (QED) is 0.465. The Morgan fingerprint density at radius 3 is 2.43 bits per heavy atom. The Kier molecular flexibility index (Phi) is 6.95. The highest BCUT2D eigenvalue weighted by Gasteiger charge is 2.24. The van der Waals surface area contributed by atoms with Gasteiger partial charge < -0.3 is 5.32 Å². The maximum absolute atomic E-state index is 12.0. The number of rotatable bonds is 5. The van der Waals surface area contributed by atoms with E-state index in [1.165, 1.54) is 12.1 Å². The van der Waals surface area contributed by atoms with Crippen LogP contribution in [0.25, 0.3) is 0 Å². The molecule has 0 aliphatic carbocycles. The highest BCUT2D eigenvalue weighted by molar-refractivity contribution is 9.13. The SMILES string of the molecule is O=C(CO[P+](=O)c1ccc(Br)c(Br)c1)Nc1cc(Cl)nc(Cl)c1. The highest BCUT2D eigenvalue weighted by Crippen LogP contribution is 2.27. The first-order valence-corrected chi connectivity index (χ1v) is 9.55. The van der Waals surface area contributed by atoms with Gasteiger partial charge in [0.25, 0.3) is 5.91 Å². The average Bonchev–Trinajstić information content (AvgIpc) is 2.46. The maximum Gasteiger partial charge on any atom is 0.549 e. The average molecular weight is 502 g/mol. The molecule has 1 heterocycles. The molecule has 2 aromatic rings. The number of anilines is 1. The van der Waals surface area contributed by atoms with Crippen molar-refractivity contribution in [1.29, 1.82) is 0 Å². The third kappa shape index (κ3) is 5.78. The van der Waals surface area contributed by atoms with Crippen LogP contribution in [0.2, 0.25) is 10.3 Å². The molecular weight excluding hydrogens is 494 g/mol. The van der Waals surface area contributed by atoms with Crippen LogP contribution in [0, 0.1) is 0 Å². The minimum absolute atomic E-state index is 0.152. The Morgan fingerprint density at radius 1 is 1.17 bits per heavy atom. The van der Waals surface area contributed by atoms with E-state index in [-0.39, 0.29) is 16.9 Å². The van der Waals surface area contributed by atoms with Crippen LogP contribution in [-0.4, -0.2) is 17.5 Å². The molecule has 23 heavy (non-hydrogen) atoms. The van der Waals surface area contributed by atoms with E-state index in [1.807, 2.05) is 0 Å². The van der Waals surface area contributed by atoms with Gasteiger partial charge in [0.05, 0.1) is 0 Å². The molecule has 0 aliphatic heterocycles. The number of hydrogen-bond donors (Lipinski definition) is 1. The van der Waals surface area contributed by atoms with Crippen LogP contribution in [0.1, 0.15) is 0 Å². The number of halogens is 4. The van der Waals surface area contributed by atoms with Crippen molar-refractivity contribution in [3.8, 4) is 0 Å². The lowest BCUT2D eigenvalue weighted by molar-refractivity contribution is -0.118. The van der Waals surface area contributed by atoms with Gasteiger partial charge in [-0.15, -0.1) is 4.52 Å². The fourth-order valence-electron chi connectivity index (χ4n) is 1.52. The molecule has 0 spiro atoms. The van der Waals surface area contributed by atoms with Gasteiger partial charge >= 0.3 is 8.03 Å². The molecule has 1 amide bonds. The van der Waals surface area contributed by atoms with Gasteiger partial charge in [0, 0.05) is 20.7 Å². The molecule has 120 valence electrons. The summed E-state index contributed by atoms with van der Waals surface area (Å²) in [5, 5.41) is 3.31. The second kappa shape index (κ2) is 8.51. The summed E-state index contributed by atoms with van der Waals surface area (Å²) >= 11 is 18.1. The fraction of sp³-hybridized carbons (Fsp3) is 0.0769. The standard InChI is InChI=1S/C13H7Br2Cl2N2O3P/c14-9-2-1-8(5-10(9)15)23(21)22-6-13(20)18-7-3-11(16)19-12(17)4-7/h1-5H,6H2/p+1. The topological polar surface area (TPSA) is 68.3 Å². The van der Waals surface area contributed by atoms with Crippen LogP contribution in [0.4, 0.5) is 5.69 Å². The number of benzene rings is 1. The molecule has 0 bridgehead atoms. The second-order valence-electron chi connectivity index (χ2n) is 4.18. The molecule has 1 unspecified atom stereocenters. The zero-order valence-electron chi connectivity index (χ0n) is 11.2. The molecule has 0 radical (unpaired) electrons. The molecule has 0 aliphatic rings. The molecule has 2 rings (SSSR count). The van der Waals surface area contributed by atoms with Gasteiger partial charge in [0.2, 0.25) is 5.30 Å². The van der Waals surface area contributed by atoms with E-state index in [1.54, 1.807) is 18.2 Å². The Hall–Kier alpha value is -0.560. The number of nitrogens with zero attached hydrogens (tertiary/aromatic N) is 1. The first kappa shape index (κ1) is 18.8. The monoisotopic (exact) mass is 499 g/mol. The van der Waals surface area contributed by atoms with Crippen LogP contribution in [-0.2, 0) is 13.9 Å². The number of amides is 1. The van der Waals surface area contributed by atoms with Crippen molar-refractivity contribution in [2.75, 3.05) is 11.9 Å². The minimum Gasteiger partial charge on any atom is -0.324 e. The lowest BCUT2D eigenvalue weighted by Gasteiger charge is -2.03. The van der Waals surface area contributed by atoms with E-state index >= 15 is 0 Å². The van der Waals surface area contributed by atoms with Crippen LogP contribution < -0.4 is 10.6 Å². The summed E-state index contributed by atoms with van der Waals surface area (Å²) in [6.45, 7) is -0.375. The van der Waals surface area contributed by atoms with E-state index in [0.29, 0.717) is 11.0 Å². The van der Waals surface area contributed by atoms with Gasteiger partial charge in [0.1, 0.15) is 10.3 Å². The molecule has 1 N–H and O–H groups in total. The van der Waals surface area contributed by atoms with Gasteiger partial charge in [0.15, 0.2) is 6.61 Å². The molecule has 0 saturated carbocycles. The molecule has 1 atom stereocenters. The second-order valence-corrected chi connectivity index (χ2v) is 7.95. The summed E-state index contributed by atoms with van der Waals surface area (Å²) < 4.78 is 18.7. The minimum atomic E-state index is -2.15. The fourth-order valence-corrected chi connectivity index (χ4v) is 3.60. The van der Waals surface area contributed by atoms with E-state index in [4.69, 9.17) is 27.7 Å². The third-order valence-corrected chi connectivity index (χ3v) is 5.80. The summed E-state index contributed by atoms with van der Waals surface area (Å²) in [6, 6.07) is 7.92. The van der Waals surface area contributed by atoms with Crippen molar-refractivity contribution in [3.05, 3.63) is 49.6 Å². The van der Waals surface area contributed by atoms with Crippen molar-refractivity contribution >= 4 is 80.0 Å². The van der Waals surface area contributed by atoms with Crippen molar-refractivity contribution in [3.63, 3.8) is 0 Å². The van der Waals surface area contributed by atoms with Crippen molar-refractivity contribution < 1.29 is 13.9 Å². The zero-order valence-corrected chi connectivity index (χ0v) is 16.8. The summed E-state index contributed by atoms with van der Waals surface area (Å²) in [6.07, 6.45) is 0. The molecular formula is C13H8Br2Cl2N2O3P+. The summed E-state index contributed by atoms with van der Waals surface area (Å²) in [5.41, 5.74) is 0.380. The first-order chi connectivity index (χ1) is 10.8. The van der Waals surface area contributed by atoms with E-state index < -0.39 is 13.9 Å².